The molecule has 2 nitrogen and oxygen atoms in total. The number of ether oxygens (including phenoxy) is 1. The second-order valence-corrected chi connectivity index (χ2v) is 3.69. The summed E-state index contributed by atoms with van der Waals surface area (Å²) in [5, 5.41) is 0. The third-order valence-corrected chi connectivity index (χ3v) is 2.35. The minimum absolute atomic E-state index is 0.0923. The van der Waals surface area contributed by atoms with E-state index in [0.717, 1.165) is 0 Å². The first kappa shape index (κ1) is 12.2. The molecule has 0 N–H and O–H groups in total. The summed E-state index contributed by atoms with van der Waals surface area (Å²) in [5.74, 6) is -1.81. The standard InChI is InChI=1S/C14H10F2O2/c15-11-5-3-4-10(8-11)9-18-14(17)12-6-1-2-7-13(12)16/h1-8H,9H2. The van der Waals surface area contributed by atoms with Crippen LogP contribution in [0.4, 0.5) is 8.78 Å². The SMILES string of the molecule is O=C(OCc1cccc(F)c1)c1ccccc1F. The third kappa shape index (κ3) is 2.91. The van der Waals surface area contributed by atoms with Gasteiger partial charge in [-0.25, -0.2) is 13.6 Å². The predicted molar refractivity (Wildman–Crippen MR) is 61.9 cm³/mol. The van der Waals surface area contributed by atoms with Gasteiger partial charge in [0.05, 0.1) is 5.56 Å². The summed E-state index contributed by atoms with van der Waals surface area (Å²) in [7, 11) is 0. The number of benzene rings is 2. The Hall–Kier alpha value is -2.23. The van der Waals surface area contributed by atoms with Crippen LogP contribution in [0, 0.1) is 11.6 Å². The maximum atomic E-state index is 13.3. The first-order valence-electron chi connectivity index (χ1n) is 5.33. The number of esters is 1. The second-order valence-electron chi connectivity index (χ2n) is 3.69. The highest BCUT2D eigenvalue weighted by molar-refractivity contribution is 5.89. The van der Waals surface area contributed by atoms with Gasteiger partial charge in [-0.05, 0) is 29.8 Å². The summed E-state index contributed by atoms with van der Waals surface area (Å²) in [6.45, 7) is -0.0923. The topological polar surface area (TPSA) is 26.3 Å². The van der Waals surface area contributed by atoms with Gasteiger partial charge < -0.3 is 4.74 Å². The Morgan fingerprint density at radius 2 is 1.83 bits per heavy atom. The van der Waals surface area contributed by atoms with Crippen molar-refractivity contribution in [2.45, 2.75) is 6.61 Å². The Bertz CT molecular complexity index is 567. The molecule has 0 fully saturated rings. The minimum Gasteiger partial charge on any atom is -0.457 e. The summed E-state index contributed by atoms with van der Waals surface area (Å²) in [4.78, 5) is 11.6. The predicted octanol–water partition coefficient (Wildman–Crippen LogP) is 3.32. The van der Waals surface area contributed by atoms with Crippen molar-refractivity contribution >= 4 is 5.97 Å². The lowest BCUT2D eigenvalue weighted by molar-refractivity contribution is 0.0467. The fraction of sp³-hybridized carbons (Fsp3) is 0.0714. The summed E-state index contributed by atoms with van der Waals surface area (Å²) < 4.78 is 31.1. The van der Waals surface area contributed by atoms with E-state index in [0.29, 0.717) is 5.56 Å². The van der Waals surface area contributed by atoms with Gasteiger partial charge in [0, 0.05) is 0 Å². The average molecular weight is 248 g/mol. The van der Waals surface area contributed by atoms with Crippen molar-refractivity contribution in [3.8, 4) is 0 Å². The molecule has 2 aromatic rings. The van der Waals surface area contributed by atoms with Crippen LogP contribution in [0.1, 0.15) is 15.9 Å². The minimum atomic E-state index is -0.766. The highest BCUT2D eigenvalue weighted by Gasteiger charge is 2.12. The van der Waals surface area contributed by atoms with Crippen LogP contribution < -0.4 is 0 Å². The quantitative estimate of drug-likeness (QED) is 0.779. The van der Waals surface area contributed by atoms with E-state index in [9.17, 15) is 13.6 Å². The maximum absolute atomic E-state index is 13.3. The molecule has 0 saturated heterocycles. The fourth-order valence-electron chi connectivity index (χ4n) is 1.48. The van der Waals surface area contributed by atoms with Gasteiger partial charge in [-0.2, -0.15) is 0 Å². The molecule has 0 saturated carbocycles. The maximum Gasteiger partial charge on any atom is 0.341 e. The molecule has 0 aromatic heterocycles. The van der Waals surface area contributed by atoms with Gasteiger partial charge in [0.1, 0.15) is 18.2 Å². The van der Waals surface area contributed by atoms with Gasteiger partial charge in [-0.1, -0.05) is 24.3 Å². The normalized spacial score (nSPS) is 10.1. The van der Waals surface area contributed by atoms with E-state index in [4.69, 9.17) is 4.74 Å². The Morgan fingerprint density at radius 1 is 1.06 bits per heavy atom. The van der Waals surface area contributed by atoms with Gasteiger partial charge in [-0.15, -0.1) is 0 Å². The van der Waals surface area contributed by atoms with E-state index in [2.05, 4.69) is 0 Å². The van der Waals surface area contributed by atoms with Crippen LogP contribution in [0.15, 0.2) is 48.5 Å². The molecule has 0 unspecified atom stereocenters. The third-order valence-electron chi connectivity index (χ3n) is 2.35. The molecule has 0 bridgehead atoms. The largest absolute Gasteiger partial charge is 0.457 e. The monoisotopic (exact) mass is 248 g/mol. The number of carbonyl (C=O) groups is 1. The summed E-state index contributed by atoms with van der Waals surface area (Å²) >= 11 is 0. The van der Waals surface area contributed by atoms with Crippen LogP contribution >= 0.6 is 0 Å². The lowest BCUT2D eigenvalue weighted by Gasteiger charge is -2.05. The average Bonchev–Trinajstić information content (AvgIpc) is 2.37. The van der Waals surface area contributed by atoms with Gasteiger partial charge in [0.25, 0.3) is 0 Å². The Morgan fingerprint density at radius 3 is 2.56 bits per heavy atom. The van der Waals surface area contributed by atoms with E-state index >= 15 is 0 Å². The molecular weight excluding hydrogens is 238 g/mol. The number of hydrogen-bond donors (Lipinski definition) is 0. The first-order valence-corrected chi connectivity index (χ1v) is 5.33. The number of hydrogen-bond acceptors (Lipinski definition) is 2. The number of carbonyl (C=O) groups excluding carboxylic acids is 1. The van der Waals surface area contributed by atoms with Crippen LogP contribution in [0.25, 0.3) is 0 Å². The zero-order valence-corrected chi connectivity index (χ0v) is 9.40. The molecule has 4 heteroatoms. The molecule has 0 atom stereocenters. The molecule has 2 rings (SSSR count). The molecule has 0 amide bonds. The lowest BCUT2D eigenvalue weighted by atomic mass is 10.2. The van der Waals surface area contributed by atoms with Gasteiger partial charge in [-0.3, -0.25) is 0 Å². The van der Waals surface area contributed by atoms with Crippen LogP contribution in [-0.4, -0.2) is 5.97 Å². The van der Waals surface area contributed by atoms with Gasteiger partial charge in [0.15, 0.2) is 0 Å². The zero-order valence-electron chi connectivity index (χ0n) is 9.40. The van der Waals surface area contributed by atoms with Crippen molar-refractivity contribution in [2.24, 2.45) is 0 Å². The molecule has 0 radical (unpaired) electrons. The van der Waals surface area contributed by atoms with Gasteiger partial charge >= 0.3 is 5.97 Å². The van der Waals surface area contributed by atoms with Crippen molar-refractivity contribution in [1.82, 2.24) is 0 Å². The lowest BCUT2D eigenvalue weighted by Crippen LogP contribution is -2.07. The highest BCUT2D eigenvalue weighted by atomic mass is 19.1. The molecule has 92 valence electrons. The Kier molecular flexibility index (Phi) is 3.67. The smallest absolute Gasteiger partial charge is 0.341 e. The zero-order chi connectivity index (χ0) is 13.0. The Labute approximate surface area is 103 Å². The molecule has 0 heterocycles. The second kappa shape index (κ2) is 5.40. The highest BCUT2D eigenvalue weighted by Crippen LogP contribution is 2.10. The van der Waals surface area contributed by atoms with E-state index in [1.54, 1.807) is 12.1 Å². The van der Waals surface area contributed by atoms with Crippen LogP contribution in [0.5, 0.6) is 0 Å². The number of rotatable bonds is 3. The molecule has 0 aliphatic carbocycles. The van der Waals surface area contributed by atoms with Crippen molar-refractivity contribution < 1.29 is 18.3 Å². The molecule has 0 aliphatic rings. The first-order chi connectivity index (χ1) is 8.66. The van der Waals surface area contributed by atoms with Gasteiger partial charge in [0.2, 0.25) is 0 Å². The van der Waals surface area contributed by atoms with Crippen molar-refractivity contribution in [3.05, 3.63) is 71.3 Å². The van der Waals surface area contributed by atoms with Crippen molar-refractivity contribution in [3.63, 3.8) is 0 Å². The number of halogens is 2. The van der Waals surface area contributed by atoms with E-state index in [1.807, 2.05) is 0 Å². The summed E-state index contributed by atoms with van der Waals surface area (Å²) in [6.07, 6.45) is 0. The fourth-order valence-corrected chi connectivity index (χ4v) is 1.48. The van der Waals surface area contributed by atoms with Crippen LogP contribution in [-0.2, 0) is 11.3 Å². The summed E-state index contributed by atoms with van der Waals surface area (Å²) in [6, 6.07) is 11.2. The molecule has 0 aliphatic heterocycles. The summed E-state index contributed by atoms with van der Waals surface area (Å²) in [5.41, 5.74) is 0.383. The van der Waals surface area contributed by atoms with Crippen LogP contribution in [0.2, 0.25) is 0 Å². The van der Waals surface area contributed by atoms with E-state index in [1.165, 1.54) is 36.4 Å². The van der Waals surface area contributed by atoms with E-state index in [-0.39, 0.29) is 12.2 Å². The molecular formula is C14H10F2O2. The molecule has 0 spiro atoms. The van der Waals surface area contributed by atoms with Crippen molar-refractivity contribution in [1.29, 1.82) is 0 Å². The van der Waals surface area contributed by atoms with Crippen LogP contribution in [0.3, 0.4) is 0 Å². The Balaban J connectivity index is 2.03. The molecule has 2 aromatic carbocycles. The molecule has 18 heavy (non-hydrogen) atoms. The van der Waals surface area contributed by atoms with E-state index < -0.39 is 17.6 Å². The van der Waals surface area contributed by atoms with Crippen molar-refractivity contribution in [2.75, 3.05) is 0 Å².